The van der Waals surface area contributed by atoms with E-state index in [4.69, 9.17) is 44.9 Å². The zero-order valence-electron chi connectivity index (χ0n) is 59.2. The highest BCUT2D eigenvalue weighted by molar-refractivity contribution is 5.51. The molecule has 0 aromatic carbocycles. The molecule has 0 spiro atoms. The minimum absolute atomic E-state index is 0. The zero-order chi connectivity index (χ0) is 64.6. The molecule has 8 rings (SSSR count). The Bertz CT molecular complexity index is 2660. The molecule has 0 aliphatic carbocycles. The summed E-state index contributed by atoms with van der Waals surface area (Å²) in [6, 6.07) is 0.909. The molecule has 5 aliphatic rings. The lowest BCUT2D eigenvalue weighted by Crippen LogP contribution is -2.62. The average Bonchev–Trinajstić information content (AvgIpc) is 0.801. The van der Waals surface area contributed by atoms with Crippen LogP contribution < -0.4 is 66.6 Å². The Kier molecular flexibility index (Phi) is 24.1. The van der Waals surface area contributed by atoms with Gasteiger partial charge in [0.05, 0.1) is 20.0 Å². The van der Waals surface area contributed by atoms with Crippen molar-refractivity contribution in [2.45, 2.75) is 325 Å². The second-order valence-corrected chi connectivity index (χ2v) is 34.0. The Labute approximate surface area is 554 Å². The van der Waals surface area contributed by atoms with Crippen molar-refractivity contribution >= 4 is 47.6 Å². The van der Waals surface area contributed by atoms with Crippen LogP contribution in [0.5, 0.6) is 0 Å². The number of nitrogens with one attached hydrogen (secondary N) is 7. The van der Waals surface area contributed by atoms with Gasteiger partial charge in [0.2, 0.25) is 47.6 Å². The second kappa shape index (κ2) is 27.9. The van der Waals surface area contributed by atoms with Crippen LogP contribution in [-0.4, -0.2) is 198 Å². The van der Waals surface area contributed by atoms with Gasteiger partial charge < -0.3 is 66.6 Å². The summed E-state index contributed by atoms with van der Waals surface area (Å²) < 4.78 is 0. The standard InChI is InChI=1S/C64H119N23.4CH4/c1-41-67-47(69-49(68-41)82(23)42-28-55(2,3)76-56(4,5)29-42)65-38-81(22)40-87(54-74-52(85(26)45-34-61(14,15)79-62(16,17)35-45)73-53(75-54)86(27)46-36-63(18,19)80-64(20,21)37-46)39-66-48-70-50(83(24)43-30-57(6,7)77-58(8,9)31-43)72-51(71-48)84(25)44-32-59(10,11)78-60(12,13)33-44;;;;/h42-46,76-80H,28-40H2,1-27H3,(H,65,67,68,69)(H,66,70,71,72);4*1H4. The van der Waals surface area contributed by atoms with E-state index in [1.54, 1.807) is 0 Å². The van der Waals surface area contributed by atoms with Crippen molar-refractivity contribution in [2.75, 3.05) is 102 Å². The fourth-order valence-electron chi connectivity index (χ4n) is 16.7. The first-order chi connectivity index (χ1) is 39.7. The lowest BCUT2D eigenvalue weighted by molar-refractivity contribution is 0.159. The minimum atomic E-state index is -0.104. The van der Waals surface area contributed by atoms with Crippen molar-refractivity contribution in [3.63, 3.8) is 0 Å². The molecule has 0 amide bonds. The van der Waals surface area contributed by atoms with Gasteiger partial charge in [-0.1, -0.05) is 29.7 Å². The number of piperidine rings is 5. The molecule has 522 valence electrons. The van der Waals surface area contributed by atoms with Crippen LogP contribution in [-0.2, 0) is 0 Å². The number of aryl methyl sites for hydroxylation is 1. The predicted octanol–water partition coefficient (Wildman–Crippen LogP) is 10.7. The van der Waals surface area contributed by atoms with Crippen LogP contribution in [0.3, 0.4) is 0 Å². The molecular formula is C68H135N23. The largest absolute Gasteiger partial charge is 0.341 e. The van der Waals surface area contributed by atoms with E-state index >= 15 is 0 Å². The molecule has 8 heterocycles. The molecule has 5 fully saturated rings. The van der Waals surface area contributed by atoms with Crippen LogP contribution in [0.1, 0.15) is 238 Å². The lowest BCUT2D eigenvalue weighted by Gasteiger charge is -2.49. The molecule has 3 aromatic rings. The van der Waals surface area contributed by atoms with E-state index in [0.29, 0.717) is 66.7 Å². The Morgan fingerprint density at radius 3 is 0.780 bits per heavy atom. The van der Waals surface area contributed by atoms with Crippen molar-refractivity contribution in [1.82, 2.24) is 76.3 Å². The molecule has 5 aliphatic heterocycles. The van der Waals surface area contributed by atoms with Gasteiger partial charge in [-0.25, -0.2) is 0 Å². The van der Waals surface area contributed by atoms with Crippen molar-refractivity contribution in [3.05, 3.63) is 5.82 Å². The van der Waals surface area contributed by atoms with E-state index in [-0.39, 0.29) is 122 Å². The first-order valence-corrected chi connectivity index (χ1v) is 32.4. The molecule has 0 atom stereocenters. The molecular weight excluding hydrogens is 1140 g/mol. The summed E-state index contributed by atoms with van der Waals surface area (Å²) in [6.07, 6.45) is 9.33. The van der Waals surface area contributed by atoms with Gasteiger partial charge in [-0.05, 0) is 217 Å². The van der Waals surface area contributed by atoms with Crippen LogP contribution in [0.25, 0.3) is 0 Å². The molecule has 23 heteroatoms. The molecule has 0 bridgehead atoms. The van der Waals surface area contributed by atoms with Crippen LogP contribution in [0, 0.1) is 6.92 Å². The summed E-state index contributed by atoms with van der Waals surface area (Å²) in [4.78, 5) is 63.0. The van der Waals surface area contributed by atoms with Crippen LogP contribution >= 0.6 is 0 Å². The van der Waals surface area contributed by atoms with Crippen LogP contribution in [0.15, 0.2) is 0 Å². The van der Waals surface area contributed by atoms with Crippen molar-refractivity contribution in [2.24, 2.45) is 0 Å². The third-order valence-corrected chi connectivity index (χ3v) is 18.7. The molecule has 0 saturated carbocycles. The summed E-state index contributed by atoms with van der Waals surface area (Å²) in [5.41, 5.74) is -0.839. The van der Waals surface area contributed by atoms with E-state index in [0.717, 1.165) is 64.2 Å². The van der Waals surface area contributed by atoms with Gasteiger partial charge in [0, 0.05) is 121 Å². The van der Waals surface area contributed by atoms with Gasteiger partial charge in [0.1, 0.15) is 5.82 Å². The van der Waals surface area contributed by atoms with Crippen LogP contribution in [0.2, 0.25) is 0 Å². The number of hydrogen-bond acceptors (Lipinski definition) is 23. The van der Waals surface area contributed by atoms with Gasteiger partial charge >= 0.3 is 0 Å². The first kappa shape index (κ1) is 78.6. The van der Waals surface area contributed by atoms with E-state index in [1.165, 1.54) is 0 Å². The normalized spacial score (nSPS) is 23.0. The van der Waals surface area contributed by atoms with E-state index in [1.807, 2.05) is 6.92 Å². The lowest BCUT2D eigenvalue weighted by atomic mass is 9.79. The van der Waals surface area contributed by atoms with Crippen molar-refractivity contribution in [3.8, 4) is 0 Å². The van der Waals surface area contributed by atoms with E-state index < -0.39 is 0 Å². The van der Waals surface area contributed by atoms with Gasteiger partial charge in [-0.2, -0.15) is 44.9 Å². The number of anilines is 8. The molecule has 5 saturated heterocycles. The fraction of sp³-hybridized carbons (Fsp3) is 0.868. The Balaban J connectivity index is 0.00000442. The first-order valence-electron chi connectivity index (χ1n) is 32.4. The third-order valence-electron chi connectivity index (χ3n) is 18.7. The highest BCUT2D eigenvalue weighted by atomic mass is 15.5. The molecule has 0 unspecified atom stereocenters. The number of aromatic nitrogens is 9. The summed E-state index contributed by atoms with van der Waals surface area (Å²) in [5, 5.41) is 26.8. The monoisotopic (exact) mass is 1270 g/mol. The SMILES string of the molecule is C.C.C.C.Cc1nc(NCN(C)CN(CNc2nc(N(C)C3CC(C)(C)NC(C)(C)C3)nc(N(C)C3CC(C)(C)NC(C)(C)C3)n2)c2nc(N(C)C3CC(C)(C)NC(C)(C)C3)nc(N(C)C3CC(C)(C)NC(C)(C)C3)n2)nc(N(C)C2CC(C)(C)NC(C)(C)C2)n1. The minimum Gasteiger partial charge on any atom is -0.341 e. The highest BCUT2D eigenvalue weighted by Crippen LogP contribution is 2.39. The predicted molar refractivity (Wildman–Crippen MR) is 387 cm³/mol. The molecule has 3 aromatic heterocycles. The Morgan fingerprint density at radius 1 is 0.308 bits per heavy atom. The molecule has 23 nitrogen and oxygen atoms in total. The van der Waals surface area contributed by atoms with E-state index in [2.05, 4.69) is 252 Å². The number of nitrogens with zero attached hydrogens (tertiary/aromatic N) is 16. The summed E-state index contributed by atoms with van der Waals surface area (Å²) in [5.74, 6) is 5.35. The molecule has 0 radical (unpaired) electrons. The summed E-state index contributed by atoms with van der Waals surface area (Å²) >= 11 is 0. The number of hydrogen-bond donors (Lipinski definition) is 7. The highest BCUT2D eigenvalue weighted by Gasteiger charge is 2.46. The second-order valence-electron chi connectivity index (χ2n) is 34.0. The average molecular weight is 1270 g/mol. The molecule has 91 heavy (non-hydrogen) atoms. The zero-order valence-corrected chi connectivity index (χ0v) is 59.2. The maximum Gasteiger partial charge on any atom is 0.234 e. The fourth-order valence-corrected chi connectivity index (χ4v) is 16.7. The maximum absolute atomic E-state index is 5.51. The van der Waals surface area contributed by atoms with E-state index in [9.17, 15) is 0 Å². The maximum atomic E-state index is 5.51. The van der Waals surface area contributed by atoms with Crippen molar-refractivity contribution in [1.29, 1.82) is 0 Å². The smallest absolute Gasteiger partial charge is 0.234 e. The van der Waals surface area contributed by atoms with Gasteiger partial charge in [-0.3, -0.25) is 4.90 Å². The van der Waals surface area contributed by atoms with Crippen LogP contribution in [0.4, 0.5) is 47.6 Å². The molecule has 7 N–H and O–H groups in total. The third kappa shape index (κ3) is 20.6. The van der Waals surface area contributed by atoms with Gasteiger partial charge in [-0.15, -0.1) is 0 Å². The van der Waals surface area contributed by atoms with Crippen molar-refractivity contribution < 1.29 is 0 Å². The summed E-state index contributed by atoms with van der Waals surface area (Å²) in [6.45, 7) is 48.8. The van der Waals surface area contributed by atoms with Gasteiger partial charge in [0.25, 0.3) is 0 Å². The Morgan fingerprint density at radius 2 is 0.516 bits per heavy atom. The Hall–Kier alpha value is -4.81. The number of rotatable bonds is 19. The quantitative estimate of drug-likeness (QED) is 0.0555. The topological polar surface area (TPSA) is 223 Å². The summed E-state index contributed by atoms with van der Waals surface area (Å²) in [7, 11) is 12.8. The van der Waals surface area contributed by atoms with Gasteiger partial charge in [0.15, 0.2) is 0 Å².